The zero-order valence-corrected chi connectivity index (χ0v) is 23.9. The molecular weight excluding hydrogens is 458 g/mol. The van der Waals surface area contributed by atoms with Crippen LogP contribution in [0.5, 0.6) is 0 Å². The van der Waals surface area contributed by atoms with Crippen LogP contribution in [0.4, 0.5) is 8.78 Å². The highest BCUT2D eigenvalue weighted by molar-refractivity contribution is 5.10. The fraction of sp³-hybridized carbons (Fsp3) is 1.00. The maximum Gasteiger partial charge on any atom is 0.245 e. The minimum absolute atomic E-state index is 0.000497. The Morgan fingerprint density at radius 3 is 2.17 bits per heavy atom. The van der Waals surface area contributed by atoms with Gasteiger partial charge in [0.1, 0.15) is 0 Å². The Bertz CT molecular complexity index is 749. The molecule has 5 heteroatoms. The second kappa shape index (κ2) is 10.4. The van der Waals surface area contributed by atoms with E-state index < -0.39 is 23.5 Å². The van der Waals surface area contributed by atoms with Gasteiger partial charge in [-0.25, -0.2) is 8.78 Å². The number of ether oxygens (including phenoxy) is 1. The standard InChI is InChI=1S/C31H54F2O3/c1-28(2,27(32)33)19-36-25-15-18-31(6)23-14-17-30(5)20(9-7-8-16-29(3,4)35)10-12-22(30)21(23)11-13-24(31)26(25)34/h20-27,34-35H,7-19H2,1-6H3. The van der Waals surface area contributed by atoms with E-state index in [1.165, 1.54) is 44.9 Å². The van der Waals surface area contributed by atoms with Crippen LogP contribution in [-0.2, 0) is 4.74 Å². The second-order valence-electron chi connectivity index (χ2n) is 15.1. The van der Waals surface area contributed by atoms with Gasteiger partial charge >= 0.3 is 0 Å². The molecule has 0 heterocycles. The van der Waals surface area contributed by atoms with Gasteiger partial charge in [0.15, 0.2) is 0 Å². The van der Waals surface area contributed by atoms with E-state index in [1.807, 2.05) is 13.8 Å². The molecule has 0 aromatic rings. The third-order valence-electron chi connectivity index (χ3n) is 11.8. The summed E-state index contributed by atoms with van der Waals surface area (Å²) in [6.45, 7) is 11.9. The molecule has 4 fully saturated rings. The van der Waals surface area contributed by atoms with Crippen molar-refractivity contribution in [3.05, 3.63) is 0 Å². The Kier molecular flexibility index (Phi) is 8.28. The number of fused-ring (bicyclic) bond motifs is 5. The van der Waals surface area contributed by atoms with E-state index in [-0.39, 0.29) is 24.0 Å². The fourth-order valence-corrected chi connectivity index (χ4v) is 9.40. The van der Waals surface area contributed by atoms with Crippen LogP contribution in [0.1, 0.15) is 119 Å². The molecule has 4 saturated carbocycles. The first-order valence-corrected chi connectivity index (χ1v) is 15.0. The van der Waals surface area contributed by atoms with Gasteiger partial charge in [-0.2, -0.15) is 0 Å². The molecule has 4 aliphatic rings. The minimum atomic E-state index is -2.42. The molecule has 0 radical (unpaired) electrons. The Morgan fingerprint density at radius 2 is 1.50 bits per heavy atom. The summed E-state index contributed by atoms with van der Waals surface area (Å²) in [5, 5.41) is 21.4. The lowest BCUT2D eigenvalue weighted by Crippen LogP contribution is -2.58. The fourth-order valence-electron chi connectivity index (χ4n) is 9.40. The average molecular weight is 513 g/mol. The van der Waals surface area contributed by atoms with Gasteiger partial charge < -0.3 is 14.9 Å². The molecule has 2 N–H and O–H groups in total. The van der Waals surface area contributed by atoms with Crippen molar-refractivity contribution >= 4 is 0 Å². The van der Waals surface area contributed by atoms with E-state index in [0.29, 0.717) is 11.3 Å². The predicted octanol–water partition coefficient (Wildman–Crippen LogP) is 7.62. The van der Waals surface area contributed by atoms with Gasteiger partial charge in [0, 0.05) is 5.41 Å². The van der Waals surface area contributed by atoms with Crippen molar-refractivity contribution in [2.45, 2.75) is 143 Å². The van der Waals surface area contributed by atoms with E-state index >= 15 is 0 Å². The summed E-state index contributed by atoms with van der Waals surface area (Å²) < 4.78 is 32.6. The normalized spacial score (nSPS) is 43.2. The number of alkyl halides is 2. The average Bonchev–Trinajstić information content (AvgIpc) is 3.12. The first-order chi connectivity index (χ1) is 16.7. The summed E-state index contributed by atoms with van der Waals surface area (Å²) in [5.74, 6) is 3.25. The van der Waals surface area contributed by atoms with Crippen LogP contribution in [0, 0.1) is 45.8 Å². The van der Waals surface area contributed by atoms with E-state index in [9.17, 15) is 19.0 Å². The molecule has 9 atom stereocenters. The molecule has 0 amide bonds. The SMILES string of the molecule is CC(C)(O)CCCCC1CCC2C3CCC4C(O)C(OCC(C)(C)C(F)F)CCC4(C)C3CCC12C. The summed E-state index contributed by atoms with van der Waals surface area (Å²) in [6, 6.07) is 0. The molecule has 4 rings (SSSR count). The van der Waals surface area contributed by atoms with Crippen molar-refractivity contribution in [2.24, 2.45) is 45.8 Å². The molecule has 0 saturated heterocycles. The van der Waals surface area contributed by atoms with E-state index in [1.54, 1.807) is 13.8 Å². The zero-order chi connectivity index (χ0) is 26.5. The van der Waals surface area contributed by atoms with Gasteiger partial charge in [0.2, 0.25) is 6.43 Å². The van der Waals surface area contributed by atoms with Crippen LogP contribution in [0.25, 0.3) is 0 Å². The Labute approximate surface area is 219 Å². The van der Waals surface area contributed by atoms with Gasteiger partial charge in [-0.1, -0.05) is 40.5 Å². The van der Waals surface area contributed by atoms with Crippen LogP contribution in [-0.4, -0.2) is 41.1 Å². The zero-order valence-electron chi connectivity index (χ0n) is 23.9. The van der Waals surface area contributed by atoms with Crippen LogP contribution < -0.4 is 0 Å². The summed E-state index contributed by atoms with van der Waals surface area (Å²) in [6.07, 6.45) is 10.6. The summed E-state index contributed by atoms with van der Waals surface area (Å²) >= 11 is 0. The minimum Gasteiger partial charge on any atom is -0.390 e. The number of aliphatic hydroxyl groups excluding tert-OH is 1. The van der Waals surface area contributed by atoms with Crippen LogP contribution in [0.3, 0.4) is 0 Å². The second-order valence-corrected chi connectivity index (χ2v) is 15.1. The summed E-state index contributed by atoms with van der Waals surface area (Å²) in [4.78, 5) is 0. The maximum absolute atomic E-state index is 13.3. The number of aliphatic hydroxyl groups is 2. The molecule has 0 aromatic heterocycles. The van der Waals surface area contributed by atoms with Gasteiger partial charge in [-0.15, -0.1) is 0 Å². The number of unbranched alkanes of at least 4 members (excludes halogenated alkanes) is 1. The molecule has 0 aromatic carbocycles. The molecule has 4 aliphatic carbocycles. The number of rotatable bonds is 9. The lowest BCUT2D eigenvalue weighted by atomic mass is 9.44. The molecule has 9 unspecified atom stereocenters. The van der Waals surface area contributed by atoms with Crippen molar-refractivity contribution in [1.82, 2.24) is 0 Å². The Morgan fingerprint density at radius 1 is 0.861 bits per heavy atom. The largest absolute Gasteiger partial charge is 0.390 e. The highest BCUT2D eigenvalue weighted by atomic mass is 19.3. The molecule has 0 spiro atoms. The van der Waals surface area contributed by atoms with Crippen LogP contribution in [0.15, 0.2) is 0 Å². The van der Waals surface area contributed by atoms with Gasteiger partial charge in [0.05, 0.1) is 24.4 Å². The van der Waals surface area contributed by atoms with E-state index in [2.05, 4.69) is 13.8 Å². The quantitative estimate of drug-likeness (QED) is 0.312. The molecule has 3 nitrogen and oxygen atoms in total. The maximum atomic E-state index is 13.3. The van der Waals surface area contributed by atoms with Gasteiger partial charge in [-0.3, -0.25) is 0 Å². The van der Waals surface area contributed by atoms with Crippen LogP contribution in [0.2, 0.25) is 0 Å². The van der Waals surface area contributed by atoms with Crippen molar-refractivity contribution in [2.75, 3.05) is 6.61 Å². The molecule has 36 heavy (non-hydrogen) atoms. The van der Waals surface area contributed by atoms with Gasteiger partial charge in [-0.05, 0) is 118 Å². The highest BCUT2D eigenvalue weighted by Gasteiger charge is 2.61. The monoisotopic (exact) mass is 512 g/mol. The number of hydrogen-bond acceptors (Lipinski definition) is 3. The van der Waals surface area contributed by atoms with Crippen molar-refractivity contribution in [3.8, 4) is 0 Å². The third-order valence-corrected chi connectivity index (χ3v) is 11.8. The van der Waals surface area contributed by atoms with Crippen molar-refractivity contribution in [3.63, 3.8) is 0 Å². The molecular formula is C31H54F2O3. The smallest absolute Gasteiger partial charge is 0.245 e. The topological polar surface area (TPSA) is 49.7 Å². The first-order valence-electron chi connectivity index (χ1n) is 15.0. The van der Waals surface area contributed by atoms with Crippen molar-refractivity contribution < 1.29 is 23.7 Å². The molecule has 0 bridgehead atoms. The highest BCUT2D eigenvalue weighted by Crippen LogP contribution is 2.68. The van der Waals surface area contributed by atoms with E-state index in [0.717, 1.165) is 49.9 Å². The number of hydrogen-bond donors (Lipinski definition) is 2. The van der Waals surface area contributed by atoms with Gasteiger partial charge in [0.25, 0.3) is 0 Å². The number of halogens is 2. The Balaban J connectivity index is 1.38. The van der Waals surface area contributed by atoms with Crippen LogP contribution >= 0.6 is 0 Å². The van der Waals surface area contributed by atoms with Crippen molar-refractivity contribution in [1.29, 1.82) is 0 Å². The third kappa shape index (κ3) is 5.41. The summed E-state index contributed by atoms with van der Waals surface area (Å²) in [5.41, 5.74) is -1.16. The summed E-state index contributed by atoms with van der Waals surface area (Å²) in [7, 11) is 0. The lowest BCUT2D eigenvalue weighted by molar-refractivity contribution is -0.194. The van der Waals surface area contributed by atoms with E-state index in [4.69, 9.17) is 4.74 Å². The predicted molar refractivity (Wildman–Crippen MR) is 141 cm³/mol. The molecule has 0 aliphatic heterocycles. The molecule has 210 valence electrons. The lowest BCUT2D eigenvalue weighted by Gasteiger charge is -2.62. The first kappa shape index (κ1) is 28.7. The Hall–Kier alpha value is -0.260.